The van der Waals surface area contributed by atoms with Gasteiger partial charge in [0.25, 0.3) is 0 Å². The lowest BCUT2D eigenvalue weighted by molar-refractivity contribution is -0.121. The van der Waals surface area contributed by atoms with E-state index in [4.69, 9.17) is 0 Å². The van der Waals surface area contributed by atoms with Crippen molar-refractivity contribution in [2.24, 2.45) is 0 Å². The summed E-state index contributed by atoms with van der Waals surface area (Å²) >= 11 is 1.69. The maximum Gasteiger partial charge on any atom is 0.227 e. The molecule has 1 heterocycles. The molecule has 1 aliphatic rings. The number of carbonyl (C=O) groups is 2. The van der Waals surface area contributed by atoms with Crippen LogP contribution >= 0.6 is 11.8 Å². The van der Waals surface area contributed by atoms with E-state index in [0.29, 0.717) is 19.4 Å². The lowest BCUT2D eigenvalue weighted by Crippen LogP contribution is -2.24. The molecule has 0 radical (unpaired) electrons. The molecule has 0 spiro atoms. The van der Waals surface area contributed by atoms with Gasteiger partial charge in [-0.05, 0) is 36.2 Å². The summed E-state index contributed by atoms with van der Waals surface area (Å²) in [7, 11) is 0. The second-order valence-electron chi connectivity index (χ2n) is 6.00. The number of carbonyl (C=O) groups excluding carboxylic acids is 2. The smallest absolute Gasteiger partial charge is 0.227 e. The van der Waals surface area contributed by atoms with Gasteiger partial charge in [-0.2, -0.15) is 0 Å². The Morgan fingerprint density at radius 2 is 1.84 bits per heavy atom. The Labute approximate surface area is 152 Å². The number of nitrogens with zero attached hydrogens (tertiary/aromatic N) is 1. The van der Waals surface area contributed by atoms with Gasteiger partial charge in [0, 0.05) is 42.3 Å². The van der Waals surface area contributed by atoms with Crippen molar-refractivity contribution in [3.8, 4) is 0 Å². The van der Waals surface area contributed by atoms with Crippen molar-refractivity contribution in [2.75, 3.05) is 17.2 Å². The van der Waals surface area contributed by atoms with Crippen LogP contribution < -0.4 is 10.2 Å². The number of anilines is 1. The van der Waals surface area contributed by atoms with Gasteiger partial charge < -0.3 is 10.2 Å². The van der Waals surface area contributed by atoms with Crippen molar-refractivity contribution >= 4 is 29.3 Å². The van der Waals surface area contributed by atoms with Crippen molar-refractivity contribution in [2.45, 2.75) is 30.7 Å². The third kappa shape index (κ3) is 5.10. The number of thioether (sulfide) groups is 1. The molecule has 1 fully saturated rings. The van der Waals surface area contributed by atoms with Gasteiger partial charge in [0.15, 0.2) is 0 Å². The molecule has 130 valence electrons. The monoisotopic (exact) mass is 354 g/mol. The molecule has 2 aromatic carbocycles. The molecular formula is C20H22N2O2S. The summed E-state index contributed by atoms with van der Waals surface area (Å²) in [6.45, 7) is 1.32. The topological polar surface area (TPSA) is 49.4 Å². The Bertz CT molecular complexity index is 716. The van der Waals surface area contributed by atoms with Crippen molar-refractivity contribution in [3.63, 3.8) is 0 Å². The van der Waals surface area contributed by atoms with Crippen LogP contribution in [0, 0.1) is 0 Å². The van der Waals surface area contributed by atoms with Crippen molar-refractivity contribution in [1.82, 2.24) is 5.32 Å². The van der Waals surface area contributed by atoms with Gasteiger partial charge in [0.1, 0.15) is 0 Å². The number of nitrogens with one attached hydrogen (secondary N) is 1. The van der Waals surface area contributed by atoms with Gasteiger partial charge in [-0.1, -0.05) is 30.3 Å². The molecule has 0 unspecified atom stereocenters. The Morgan fingerprint density at radius 1 is 1.08 bits per heavy atom. The molecule has 3 rings (SSSR count). The van der Waals surface area contributed by atoms with Gasteiger partial charge in [0.05, 0.1) is 0 Å². The summed E-state index contributed by atoms with van der Waals surface area (Å²) in [6, 6.07) is 17.9. The van der Waals surface area contributed by atoms with E-state index in [1.807, 2.05) is 47.4 Å². The number of hydrogen-bond donors (Lipinski definition) is 1. The zero-order chi connectivity index (χ0) is 17.5. The number of benzene rings is 2. The van der Waals surface area contributed by atoms with Gasteiger partial charge >= 0.3 is 0 Å². The van der Waals surface area contributed by atoms with Gasteiger partial charge in [-0.3, -0.25) is 9.59 Å². The normalized spacial score (nSPS) is 13.9. The molecule has 1 aliphatic heterocycles. The van der Waals surface area contributed by atoms with Gasteiger partial charge in [-0.25, -0.2) is 0 Å². The molecular weight excluding hydrogens is 332 g/mol. The molecule has 0 saturated carbocycles. The first kappa shape index (κ1) is 17.5. The highest BCUT2D eigenvalue weighted by Crippen LogP contribution is 2.21. The summed E-state index contributed by atoms with van der Waals surface area (Å²) in [5, 5.41) is 2.95. The molecule has 0 aliphatic carbocycles. The molecule has 1 N–H and O–H groups in total. The lowest BCUT2D eigenvalue weighted by atomic mass is 10.2. The van der Waals surface area contributed by atoms with E-state index in [2.05, 4.69) is 17.4 Å². The highest BCUT2D eigenvalue weighted by atomic mass is 32.2. The highest BCUT2D eigenvalue weighted by molar-refractivity contribution is 7.99. The third-order valence-corrected chi connectivity index (χ3v) is 5.17. The summed E-state index contributed by atoms with van der Waals surface area (Å²) in [6.07, 6.45) is 2.07. The Morgan fingerprint density at radius 3 is 2.52 bits per heavy atom. The Kier molecular flexibility index (Phi) is 6.12. The molecule has 25 heavy (non-hydrogen) atoms. The summed E-state index contributed by atoms with van der Waals surface area (Å²) in [5.74, 6) is 1.02. The molecule has 0 aromatic heterocycles. The lowest BCUT2D eigenvalue weighted by Gasteiger charge is -2.16. The van der Waals surface area contributed by atoms with Crippen LogP contribution in [0.3, 0.4) is 0 Å². The van der Waals surface area contributed by atoms with Crippen LogP contribution in [-0.4, -0.2) is 24.1 Å². The first-order valence-electron chi connectivity index (χ1n) is 8.56. The largest absolute Gasteiger partial charge is 0.352 e. The second kappa shape index (κ2) is 8.72. The quantitative estimate of drug-likeness (QED) is 0.773. The van der Waals surface area contributed by atoms with Crippen LogP contribution in [-0.2, 0) is 16.1 Å². The van der Waals surface area contributed by atoms with Crippen molar-refractivity contribution in [3.05, 3.63) is 60.2 Å². The van der Waals surface area contributed by atoms with Crippen molar-refractivity contribution in [1.29, 1.82) is 0 Å². The van der Waals surface area contributed by atoms with E-state index in [1.165, 1.54) is 4.90 Å². The van der Waals surface area contributed by atoms with Crippen LogP contribution in [0.15, 0.2) is 59.5 Å². The molecule has 2 aromatic rings. The predicted octanol–water partition coefficient (Wildman–Crippen LogP) is 3.61. The van der Waals surface area contributed by atoms with Crippen LogP contribution in [0.1, 0.15) is 24.8 Å². The second-order valence-corrected chi connectivity index (χ2v) is 7.17. The molecule has 0 bridgehead atoms. The minimum absolute atomic E-state index is 0.0576. The summed E-state index contributed by atoms with van der Waals surface area (Å²) in [4.78, 5) is 26.7. The zero-order valence-corrected chi connectivity index (χ0v) is 14.9. The first-order chi connectivity index (χ1) is 12.2. The third-order valence-electron chi connectivity index (χ3n) is 4.15. The maximum atomic E-state index is 11.9. The van der Waals surface area contributed by atoms with Crippen LogP contribution in [0.25, 0.3) is 0 Å². The van der Waals surface area contributed by atoms with E-state index >= 15 is 0 Å². The van der Waals surface area contributed by atoms with Crippen LogP contribution in [0.2, 0.25) is 0 Å². The van der Waals surface area contributed by atoms with Gasteiger partial charge in [0.2, 0.25) is 11.8 Å². The van der Waals surface area contributed by atoms with E-state index < -0.39 is 0 Å². The Hall–Kier alpha value is -2.27. The van der Waals surface area contributed by atoms with Gasteiger partial charge in [-0.15, -0.1) is 11.8 Å². The van der Waals surface area contributed by atoms with Crippen LogP contribution in [0.4, 0.5) is 5.69 Å². The number of hydrogen-bond acceptors (Lipinski definition) is 3. The minimum atomic E-state index is 0.0576. The standard InChI is InChI=1S/C20H22N2O2S/c23-19(12-14-25-18-5-2-1-3-6-18)21-15-16-8-10-17(11-9-16)22-13-4-7-20(22)24/h1-3,5-6,8-11H,4,7,12-15H2,(H,21,23). The molecule has 1 saturated heterocycles. The summed E-state index contributed by atoms with van der Waals surface area (Å²) in [5.41, 5.74) is 1.98. The van der Waals surface area contributed by atoms with E-state index in [1.54, 1.807) is 11.8 Å². The fourth-order valence-electron chi connectivity index (χ4n) is 2.78. The molecule has 4 nitrogen and oxygen atoms in total. The van der Waals surface area contributed by atoms with E-state index in [9.17, 15) is 9.59 Å². The zero-order valence-electron chi connectivity index (χ0n) is 14.1. The van der Waals surface area contributed by atoms with Crippen molar-refractivity contribution < 1.29 is 9.59 Å². The number of rotatable bonds is 7. The average Bonchev–Trinajstić information content (AvgIpc) is 3.07. The average molecular weight is 354 g/mol. The highest BCUT2D eigenvalue weighted by Gasteiger charge is 2.21. The van der Waals surface area contributed by atoms with Crippen LogP contribution in [0.5, 0.6) is 0 Å². The fraction of sp³-hybridized carbons (Fsp3) is 0.300. The number of amides is 2. The SMILES string of the molecule is O=C(CCSc1ccccc1)NCc1ccc(N2CCCC2=O)cc1. The first-order valence-corrected chi connectivity index (χ1v) is 9.55. The summed E-state index contributed by atoms with van der Waals surface area (Å²) < 4.78 is 0. The molecule has 0 atom stereocenters. The Balaban J connectivity index is 1.40. The predicted molar refractivity (Wildman–Crippen MR) is 102 cm³/mol. The minimum Gasteiger partial charge on any atom is -0.352 e. The van der Waals surface area contributed by atoms with E-state index in [-0.39, 0.29) is 11.8 Å². The molecule has 5 heteroatoms. The maximum absolute atomic E-state index is 11.9. The fourth-order valence-corrected chi connectivity index (χ4v) is 3.65. The molecule has 2 amide bonds. The van der Waals surface area contributed by atoms with E-state index in [0.717, 1.165) is 30.0 Å².